The van der Waals surface area contributed by atoms with E-state index in [1.54, 1.807) is 42.5 Å². The largest absolute Gasteiger partial charge is 0.496 e. The molecule has 1 heterocycles. The molecule has 0 spiro atoms. The molecule has 144 valence electrons. The summed E-state index contributed by atoms with van der Waals surface area (Å²) in [6.07, 6.45) is 0. The molecule has 4 rings (SSSR count). The Kier molecular flexibility index (Phi) is 4.99. The number of carbonyl (C=O) groups excluding carboxylic acids is 1. The summed E-state index contributed by atoms with van der Waals surface area (Å²) in [6, 6.07) is 22.9. The monoisotopic (exact) mass is 386 g/mol. The number of ether oxygens (including phenoxy) is 1. The number of para-hydroxylation sites is 2. The third-order valence-corrected chi connectivity index (χ3v) is 4.42. The molecular weight excluding hydrogens is 368 g/mol. The number of hydrogen-bond donors (Lipinski definition) is 2. The second-order valence-corrected chi connectivity index (χ2v) is 6.35. The maximum atomic E-state index is 12.5. The first-order valence-electron chi connectivity index (χ1n) is 8.98. The van der Waals surface area contributed by atoms with Crippen molar-refractivity contribution in [2.45, 2.75) is 0 Å². The molecule has 0 aliphatic rings. The molecule has 0 bridgehead atoms. The topological polar surface area (TPSA) is 80.6 Å². The average Bonchev–Trinajstić information content (AvgIpc) is 2.74. The fraction of sp³-hybridized carbons (Fsp3) is 0.0435. The number of carbonyl (C=O) groups is 1. The molecule has 3 aromatic carbocycles. The highest BCUT2D eigenvalue weighted by atomic mass is 16.5. The van der Waals surface area contributed by atoms with Gasteiger partial charge < -0.3 is 19.8 Å². The smallest absolute Gasteiger partial charge is 0.344 e. The summed E-state index contributed by atoms with van der Waals surface area (Å²) >= 11 is 0. The predicted molar refractivity (Wildman–Crippen MR) is 114 cm³/mol. The van der Waals surface area contributed by atoms with Crippen LogP contribution in [0.4, 0.5) is 16.2 Å². The van der Waals surface area contributed by atoms with Crippen LogP contribution >= 0.6 is 0 Å². The minimum Gasteiger partial charge on any atom is -0.496 e. The van der Waals surface area contributed by atoms with Gasteiger partial charge in [-0.25, -0.2) is 9.59 Å². The molecule has 2 N–H and O–H groups in total. The highest BCUT2D eigenvalue weighted by Crippen LogP contribution is 2.32. The predicted octanol–water partition coefficient (Wildman–Crippen LogP) is 5.11. The Labute approximate surface area is 166 Å². The zero-order valence-corrected chi connectivity index (χ0v) is 15.6. The van der Waals surface area contributed by atoms with Crippen LogP contribution < -0.4 is 21.0 Å². The fourth-order valence-corrected chi connectivity index (χ4v) is 3.06. The van der Waals surface area contributed by atoms with E-state index in [1.165, 1.54) is 7.11 Å². The SMILES string of the molecule is COc1cc(NC(=O)Nc2ccccc2)ccc1-c1cc2ccccc2oc1=O. The molecule has 4 aromatic rings. The van der Waals surface area contributed by atoms with Crippen molar-refractivity contribution in [1.29, 1.82) is 0 Å². The molecule has 0 atom stereocenters. The number of fused-ring (bicyclic) bond motifs is 1. The molecule has 0 fully saturated rings. The van der Waals surface area contributed by atoms with Crippen LogP contribution in [-0.2, 0) is 0 Å². The molecule has 29 heavy (non-hydrogen) atoms. The van der Waals surface area contributed by atoms with E-state index in [9.17, 15) is 9.59 Å². The summed E-state index contributed by atoms with van der Waals surface area (Å²) in [5.74, 6) is 0.449. The van der Waals surface area contributed by atoms with Crippen LogP contribution in [0.1, 0.15) is 0 Å². The normalized spacial score (nSPS) is 10.5. The second kappa shape index (κ2) is 7.90. The van der Waals surface area contributed by atoms with E-state index in [0.29, 0.717) is 33.8 Å². The first-order chi connectivity index (χ1) is 14.1. The van der Waals surface area contributed by atoms with Crippen LogP contribution in [0.5, 0.6) is 5.75 Å². The van der Waals surface area contributed by atoms with Crippen molar-refractivity contribution in [3.05, 3.63) is 89.3 Å². The van der Waals surface area contributed by atoms with Gasteiger partial charge in [0.25, 0.3) is 0 Å². The van der Waals surface area contributed by atoms with Crippen LogP contribution in [0.3, 0.4) is 0 Å². The lowest BCUT2D eigenvalue weighted by Gasteiger charge is -2.12. The summed E-state index contributed by atoms with van der Waals surface area (Å²) in [5.41, 5.74) is 2.26. The number of methoxy groups -OCH3 is 1. The zero-order valence-electron chi connectivity index (χ0n) is 15.6. The minimum absolute atomic E-state index is 0.378. The number of hydrogen-bond acceptors (Lipinski definition) is 4. The third kappa shape index (κ3) is 3.96. The standard InChI is InChI=1S/C23H18N2O4/c1-28-21-14-17(25-23(27)24-16-8-3-2-4-9-16)11-12-18(21)19-13-15-7-5-6-10-20(15)29-22(19)26/h2-14H,1H3,(H2,24,25,27). The van der Waals surface area contributed by atoms with E-state index in [-0.39, 0.29) is 6.03 Å². The van der Waals surface area contributed by atoms with E-state index < -0.39 is 5.63 Å². The van der Waals surface area contributed by atoms with Gasteiger partial charge in [-0.05, 0) is 36.4 Å². The number of amides is 2. The van der Waals surface area contributed by atoms with E-state index in [4.69, 9.17) is 9.15 Å². The van der Waals surface area contributed by atoms with Gasteiger partial charge in [0.05, 0.1) is 12.7 Å². The summed E-state index contributed by atoms with van der Waals surface area (Å²) in [4.78, 5) is 24.7. The van der Waals surface area contributed by atoms with Gasteiger partial charge in [-0.3, -0.25) is 0 Å². The van der Waals surface area contributed by atoms with Crippen molar-refractivity contribution in [1.82, 2.24) is 0 Å². The van der Waals surface area contributed by atoms with Gasteiger partial charge >= 0.3 is 11.7 Å². The Morgan fingerprint density at radius 2 is 1.55 bits per heavy atom. The van der Waals surface area contributed by atoms with Gasteiger partial charge in [0.15, 0.2) is 0 Å². The van der Waals surface area contributed by atoms with Crippen LogP contribution in [-0.4, -0.2) is 13.1 Å². The molecule has 6 nitrogen and oxygen atoms in total. The number of rotatable bonds is 4. The van der Waals surface area contributed by atoms with Gasteiger partial charge in [-0.15, -0.1) is 0 Å². The molecule has 2 amide bonds. The van der Waals surface area contributed by atoms with Crippen molar-refractivity contribution in [3.63, 3.8) is 0 Å². The maximum absolute atomic E-state index is 12.5. The second-order valence-electron chi connectivity index (χ2n) is 6.35. The van der Waals surface area contributed by atoms with Crippen LogP contribution in [0.2, 0.25) is 0 Å². The molecule has 1 aromatic heterocycles. The summed E-state index contributed by atoms with van der Waals surface area (Å²) in [6.45, 7) is 0. The van der Waals surface area contributed by atoms with Crippen molar-refractivity contribution < 1.29 is 13.9 Å². The lowest BCUT2D eigenvalue weighted by molar-refractivity contribution is 0.262. The van der Waals surface area contributed by atoms with E-state index in [1.807, 2.05) is 36.4 Å². The average molecular weight is 386 g/mol. The molecule has 0 aliphatic carbocycles. The van der Waals surface area contributed by atoms with Gasteiger partial charge in [0.1, 0.15) is 11.3 Å². The number of benzene rings is 3. The molecule has 0 radical (unpaired) electrons. The molecule has 0 saturated carbocycles. The van der Waals surface area contributed by atoms with Crippen molar-refractivity contribution in [3.8, 4) is 16.9 Å². The highest BCUT2D eigenvalue weighted by molar-refractivity contribution is 6.00. The van der Waals surface area contributed by atoms with E-state index in [2.05, 4.69) is 10.6 Å². The number of urea groups is 1. The Bertz CT molecular complexity index is 1230. The summed E-state index contributed by atoms with van der Waals surface area (Å²) in [5, 5.41) is 6.32. The fourth-order valence-electron chi connectivity index (χ4n) is 3.06. The number of anilines is 2. The lowest BCUT2D eigenvalue weighted by atomic mass is 10.0. The molecule has 6 heteroatoms. The van der Waals surface area contributed by atoms with Gasteiger partial charge in [0, 0.05) is 28.4 Å². The molecule has 0 saturated heterocycles. The first-order valence-corrected chi connectivity index (χ1v) is 8.98. The Morgan fingerprint density at radius 1 is 0.828 bits per heavy atom. The Hall–Kier alpha value is -4.06. The summed E-state index contributed by atoms with van der Waals surface area (Å²) in [7, 11) is 1.51. The number of nitrogens with one attached hydrogen (secondary N) is 2. The molecular formula is C23H18N2O4. The Balaban J connectivity index is 1.63. The Morgan fingerprint density at radius 3 is 2.34 bits per heavy atom. The zero-order chi connectivity index (χ0) is 20.2. The minimum atomic E-state index is -0.454. The van der Waals surface area contributed by atoms with Crippen molar-refractivity contribution in [2.75, 3.05) is 17.7 Å². The quantitative estimate of drug-likeness (QED) is 0.478. The van der Waals surface area contributed by atoms with Crippen molar-refractivity contribution in [2.24, 2.45) is 0 Å². The summed E-state index contributed by atoms with van der Waals surface area (Å²) < 4.78 is 10.9. The third-order valence-electron chi connectivity index (χ3n) is 4.42. The van der Waals surface area contributed by atoms with Crippen molar-refractivity contribution >= 4 is 28.4 Å². The van der Waals surface area contributed by atoms with Gasteiger partial charge in [0.2, 0.25) is 0 Å². The van der Waals surface area contributed by atoms with Gasteiger partial charge in [-0.1, -0.05) is 36.4 Å². The van der Waals surface area contributed by atoms with Gasteiger partial charge in [-0.2, -0.15) is 0 Å². The molecule has 0 aliphatic heterocycles. The first kappa shape index (κ1) is 18.3. The molecule has 0 unspecified atom stereocenters. The van der Waals surface area contributed by atoms with Crippen LogP contribution in [0.25, 0.3) is 22.1 Å². The maximum Gasteiger partial charge on any atom is 0.344 e. The van der Waals surface area contributed by atoms with Crippen LogP contribution in [0.15, 0.2) is 88.1 Å². The van der Waals surface area contributed by atoms with Crippen LogP contribution in [0, 0.1) is 0 Å². The van der Waals surface area contributed by atoms with E-state index in [0.717, 1.165) is 5.39 Å². The highest BCUT2D eigenvalue weighted by Gasteiger charge is 2.14. The lowest BCUT2D eigenvalue weighted by Crippen LogP contribution is -2.19. The van der Waals surface area contributed by atoms with E-state index >= 15 is 0 Å².